The SMILES string of the molecule is CCOC(=O)c1cccc(NC(=O)[C@H](CC)N(c2cc(C)ccc2C)S(C)(=O)=O)c1. The van der Waals surface area contributed by atoms with Crippen molar-refractivity contribution >= 4 is 33.3 Å². The molecular weight excluding hydrogens is 404 g/mol. The van der Waals surface area contributed by atoms with E-state index >= 15 is 0 Å². The number of rotatable bonds is 8. The normalized spacial score (nSPS) is 12.2. The maximum atomic E-state index is 13.1. The summed E-state index contributed by atoms with van der Waals surface area (Å²) in [6.45, 7) is 7.38. The fraction of sp³-hybridized carbons (Fsp3) is 0.364. The molecule has 2 aromatic carbocycles. The van der Waals surface area contributed by atoms with E-state index in [-0.39, 0.29) is 13.0 Å². The van der Waals surface area contributed by atoms with Crippen LogP contribution in [0.15, 0.2) is 42.5 Å². The third-order valence-corrected chi connectivity index (χ3v) is 5.74. The molecule has 7 nitrogen and oxygen atoms in total. The lowest BCUT2D eigenvalue weighted by Crippen LogP contribution is -2.47. The number of nitrogens with zero attached hydrogens (tertiary/aromatic N) is 1. The Bertz CT molecular complexity index is 1030. The molecular formula is C22H28N2O5S. The second-order valence-corrected chi connectivity index (χ2v) is 8.92. The average molecular weight is 433 g/mol. The Labute approximate surface area is 178 Å². The van der Waals surface area contributed by atoms with Crippen molar-refractivity contribution in [3.05, 3.63) is 59.2 Å². The van der Waals surface area contributed by atoms with Crippen molar-refractivity contribution in [2.45, 2.75) is 40.2 Å². The van der Waals surface area contributed by atoms with Crippen LogP contribution in [0.4, 0.5) is 11.4 Å². The van der Waals surface area contributed by atoms with Crippen LogP contribution in [0.25, 0.3) is 0 Å². The van der Waals surface area contributed by atoms with E-state index in [1.54, 1.807) is 45.0 Å². The lowest BCUT2D eigenvalue weighted by atomic mass is 10.1. The van der Waals surface area contributed by atoms with Gasteiger partial charge in [0.15, 0.2) is 0 Å². The standard InChI is InChI=1S/C22H28N2O5S/c1-6-19(24(30(5,27)28)20-13-15(3)11-12-16(20)4)21(25)23-18-10-8-9-17(14-18)22(26)29-7-2/h8-14,19H,6-7H2,1-5H3,(H,23,25)/t19-/m0/s1. The van der Waals surface area contributed by atoms with E-state index < -0.39 is 27.9 Å². The molecule has 0 spiro atoms. The monoisotopic (exact) mass is 432 g/mol. The average Bonchev–Trinajstić information content (AvgIpc) is 2.67. The molecule has 8 heteroatoms. The van der Waals surface area contributed by atoms with Gasteiger partial charge in [-0.05, 0) is 62.6 Å². The minimum absolute atomic E-state index is 0.243. The summed E-state index contributed by atoms with van der Waals surface area (Å²) in [5, 5.41) is 2.73. The first-order valence-corrected chi connectivity index (χ1v) is 11.6. The van der Waals surface area contributed by atoms with Gasteiger partial charge >= 0.3 is 5.97 Å². The van der Waals surface area contributed by atoms with Gasteiger partial charge in [0.25, 0.3) is 0 Å². The van der Waals surface area contributed by atoms with Crippen molar-refractivity contribution < 1.29 is 22.7 Å². The number of hydrogen-bond acceptors (Lipinski definition) is 5. The van der Waals surface area contributed by atoms with Crippen LogP contribution in [-0.2, 0) is 19.6 Å². The summed E-state index contributed by atoms with van der Waals surface area (Å²) in [6.07, 6.45) is 1.36. The van der Waals surface area contributed by atoms with Crippen LogP contribution in [0.2, 0.25) is 0 Å². The van der Waals surface area contributed by atoms with E-state index in [9.17, 15) is 18.0 Å². The number of nitrogens with one attached hydrogen (secondary N) is 1. The smallest absolute Gasteiger partial charge is 0.338 e. The van der Waals surface area contributed by atoms with Gasteiger partial charge in [0.2, 0.25) is 15.9 Å². The Morgan fingerprint density at radius 1 is 1.10 bits per heavy atom. The van der Waals surface area contributed by atoms with Crippen LogP contribution >= 0.6 is 0 Å². The molecule has 0 bridgehead atoms. The molecule has 2 aromatic rings. The van der Waals surface area contributed by atoms with Crippen molar-refractivity contribution in [3.8, 4) is 0 Å². The molecule has 0 aliphatic rings. The highest BCUT2D eigenvalue weighted by Crippen LogP contribution is 2.28. The van der Waals surface area contributed by atoms with Crippen LogP contribution in [0.1, 0.15) is 41.8 Å². The minimum Gasteiger partial charge on any atom is -0.462 e. The zero-order valence-electron chi connectivity index (χ0n) is 17.9. The van der Waals surface area contributed by atoms with Gasteiger partial charge in [-0.1, -0.05) is 25.1 Å². The van der Waals surface area contributed by atoms with Gasteiger partial charge in [-0.25, -0.2) is 13.2 Å². The number of esters is 1. The van der Waals surface area contributed by atoms with E-state index in [0.29, 0.717) is 16.9 Å². The predicted octanol–water partition coefficient (Wildman–Crippen LogP) is 3.66. The van der Waals surface area contributed by atoms with E-state index in [1.165, 1.54) is 10.4 Å². The Morgan fingerprint density at radius 3 is 2.40 bits per heavy atom. The molecule has 1 N–H and O–H groups in total. The summed E-state index contributed by atoms with van der Waals surface area (Å²) < 4.78 is 31.5. The quantitative estimate of drug-likeness (QED) is 0.643. The van der Waals surface area contributed by atoms with E-state index in [1.807, 2.05) is 19.1 Å². The molecule has 0 heterocycles. The van der Waals surface area contributed by atoms with Crippen LogP contribution in [0.5, 0.6) is 0 Å². The second-order valence-electron chi connectivity index (χ2n) is 7.06. The van der Waals surface area contributed by atoms with Crippen LogP contribution < -0.4 is 9.62 Å². The van der Waals surface area contributed by atoms with Gasteiger partial charge in [-0.2, -0.15) is 0 Å². The molecule has 1 amide bonds. The predicted molar refractivity (Wildman–Crippen MR) is 118 cm³/mol. The van der Waals surface area contributed by atoms with E-state index in [2.05, 4.69) is 5.32 Å². The zero-order chi connectivity index (χ0) is 22.5. The lowest BCUT2D eigenvalue weighted by Gasteiger charge is -2.31. The second kappa shape index (κ2) is 9.75. The first-order chi connectivity index (χ1) is 14.1. The highest BCUT2D eigenvalue weighted by molar-refractivity contribution is 7.92. The van der Waals surface area contributed by atoms with Crippen LogP contribution in [0, 0.1) is 13.8 Å². The molecule has 0 unspecified atom stereocenters. The van der Waals surface area contributed by atoms with Crippen LogP contribution in [-0.4, -0.2) is 39.2 Å². The molecule has 0 saturated heterocycles. The first kappa shape index (κ1) is 23.4. The highest BCUT2D eigenvalue weighted by atomic mass is 32.2. The number of carbonyl (C=O) groups is 2. The fourth-order valence-corrected chi connectivity index (χ4v) is 4.42. The van der Waals surface area contributed by atoms with Gasteiger partial charge < -0.3 is 10.1 Å². The Hall–Kier alpha value is -2.87. The van der Waals surface area contributed by atoms with Crippen molar-refractivity contribution in [2.24, 2.45) is 0 Å². The highest BCUT2D eigenvalue weighted by Gasteiger charge is 2.32. The maximum Gasteiger partial charge on any atom is 0.338 e. The van der Waals surface area contributed by atoms with Crippen molar-refractivity contribution in [3.63, 3.8) is 0 Å². The number of amides is 1. The Kier molecular flexibility index (Phi) is 7.61. The number of carbonyl (C=O) groups excluding carboxylic acids is 2. The molecule has 0 fully saturated rings. The molecule has 0 saturated carbocycles. The van der Waals surface area contributed by atoms with Gasteiger partial charge in [0.1, 0.15) is 6.04 Å². The molecule has 1 atom stereocenters. The number of hydrogen-bond donors (Lipinski definition) is 1. The Morgan fingerprint density at radius 2 is 1.80 bits per heavy atom. The molecule has 2 rings (SSSR count). The summed E-state index contributed by atoms with van der Waals surface area (Å²) >= 11 is 0. The third-order valence-electron chi connectivity index (χ3n) is 4.57. The number of aryl methyl sites for hydroxylation is 2. The number of ether oxygens (including phenoxy) is 1. The molecule has 30 heavy (non-hydrogen) atoms. The first-order valence-electron chi connectivity index (χ1n) is 9.73. The summed E-state index contributed by atoms with van der Waals surface area (Å²) in [5.74, 6) is -0.973. The van der Waals surface area contributed by atoms with Crippen molar-refractivity contribution in [1.29, 1.82) is 0 Å². The number of anilines is 2. The third kappa shape index (κ3) is 5.60. The van der Waals surface area contributed by atoms with Gasteiger partial charge in [-0.15, -0.1) is 0 Å². The fourth-order valence-electron chi connectivity index (χ4n) is 3.16. The van der Waals surface area contributed by atoms with Gasteiger partial charge in [0, 0.05) is 5.69 Å². The van der Waals surface area contributed by atoms with E-state index in [4.69, 9.17) is 4.74 Å². The zero-order valence-corrected chi connectivity index (χ0v) is 18.7. The lowest BCUT2D eigenvalue weighted by molar-refractivity contribution is -0.117. The molecule has 0 aliphatic carbocycles. The summed E-state index contributed by atoms with van der Waals surface area (Å²) in [5.41, 5.74) is 2.80. The maximum absolute atomic E-state index is 13.1. The van der Waals surface area contributed by atoms with Gasteiger partial charge in [0.05, 0.1) is 24.1 Å². The van der Waals surface area contributed by atoms with Crippen molar-refractivity contribution in [1.82, 2.24) is 0 Å². The van der Waals surface area contributed by atoms with E-state index in [0.717, 1.165) is 17.4 Å². The summed E-state index contributed by atoms with van der Waals surface area (Å²) in [4.78, 5) is 25.0. The Balaban J connectivity index is 2.39. The summed E-state index contributed by atoms with van der Waals surface area (Å²) in [6, 6.07) is 10.9. The molecule has 0 aliphatic heterocycles. The minimum atomic E-state index is -3.74. The largest absolute Gasteiger partial charge is 0.462 e. The van der Waals surface area contributed by atoms with Gasteiger partial charge in [-0.3, -0.25) is 9.10 Å². The van der Waals surface area contributed by atoms with Crippen molar-refractivity contribution in [2.75, 3.05) is 22.5 Å². The number of benzene rings is 2. The van der Waals surface area contributed by atoms with Crippen LogP contribution in [0.3, 0.4) is 0 Å². The topological polar surface area (TPSA) is 92.8 Å². The molecule has 0 radical (unpaired) electrons. The molecule has 162 valence electrons. The molecule has 0 aromatic heterocycles. The number of sulfonamides is 1. The summed E-state index contributed by atoms with van der Waals surface area (Å²) in [7, 11) is -3.74.